The molecule has 0 spiro atoms. The predicted octanol–water partition coefficient (Wildman–Crippen LogP) is 4.24. The fourth-order valence-electron chi connectivity index (χ4n) is 1.74. The van der Waals surface area contributed by atoms with Crippen LogP contribution in [0.1, 0.15) is 36.6 Å². The van der Waals surface area contributed by atoms with E-state index in [0.717, 1.165) is 5.69 Å². The second-order valence-electron chi connectivity index (χ2n) is 4.29. The van der Waals surface area contributed by atoms with Gasteiger partial charge in [0.2, 0.25) is 0 Å². The minimum atomic E-state index is 0.615. The normalized spacial score (nSPS) is 11.2. The van der Waals surface area contributed by atoms with Crippen LogP contribution in [0.25, 0.3) is 12.2 Å². The third kappa shape index (κ3) is 3.70. The summed E-state index contributed by atoms with van der Waals surface area (Å²) in [5, 5.41) is 2.58. The Labute approximate surface area is 112 Å². The highest BCUT2D eigenvalue weighted by molar-refractivity contribution is 7.13. The topological polar surface area (TPSA) is 38.9 Å². The first kappa shape index (κ1) is 12.8. The smallest absolute Gasteiger partial charge is 0.180 e. The van der Waals surface area contributed by atoms with Crippen LogP contribution >= 0.6 is 11.3 Å². The van der Waals surface area contributed by atoms with E-state index >= 15 is 0 Å². The van der Waals surface area contributed by atoms with Crippen LogP contribution in [0.5, 0.6) is 0 Å². The first-order valence-corrected chi connectivity index (χ1v) is 7.14. The molecule has 0 saturated carbocycles. The van der Waals surface area contributed by atoms with E-state index in [9.17, 15) is 0 Å². The van der Waals surface area contributed by atoms with E-state index in [-0.39, 0.29) is 0 Å². The van der Waals surface area contributed by atoms with E-state index in [1.807, 2.05) is 11.5 Å². The summed E-state index contributed by atoms with van der Waals surface area (Å²) in [5.74, 6) is 0. The van der Waals surface area contributed by atoms with E-state index in [1.165, 1.54) is 41.7 Å². The van der Waals surface area contributed by atoms with Gasteiger partial charge in [-0.25, -0.2) is 4.98 Å². The summed E-state index contributed by atoms with van der Waals surface area (Å²) in [5.41, 5.74) is 9.12. The van der Waals surface area contributed by atoms with Crippen LogP contribution in [-0.4, -0.2) is 4.98 Å². The fourth-order valence-corrected chi connectivity index (χ4v) is 2.27. The number of nitrogens with zero attached hydrogens (tertiary/aromatic N) is 1. The molecule has 1 aromatic carbocycles. The maximum absolute atomic E-state index is 5.59. The van der Waals surface area contributed by atoms with Crippen LogP contribution in [0.2, 0.25) is 0 Å². The lowest BCUT2D eigenvalue weighted by molar-refractivity contribution is 0.795. The molecule has 1 aromatic heterocycles. The minimum Gasteiger partial charge on any atom is -0.375 e. The highest BCUT2D eigenvalue weighted by Crippen LogP contribution is 2.15. The van der Waals surface area contributed by atoms with Gasteiger partial charge in [-0.15, -0.1) is 11.3 Å². The molecule has 18 heavy (non-hydrogen) atoms. The lowest BCUT2D eigenvalue weighted by Gasteiger charge is -2.00. The summed E-state index contributed by atoms with van der Waals surface area (Å²) in [6.45, 7) is 2.22. The molecule has 0 unspecified atom stereocenters. The van der Waals surface area contributed by atoms with Crippen molar-refractivity contribution in [3.05, 3.63) is 46.5 Å². The summed E-state index contributed by atoms with van der Waals surface area (Å²) in [6.07, 6.45) is 7.73. The molecule has 0 bridgehead atoms. The van der Waals surface area contributed by atoms with Crippen LogP contribution in [0.3, 0.4) is 0 Å². The molecule has 2 N–H and O–H groups in total. The Morgan fingerprint density at radius 2 is 2.00 bits per heavy atom. The molecule has 2 nitrogen and oxygen atoms in total. The summed E-state index contributed by atoms with van der Waals surface area (Å²) in [6, 6.07) is 8.70. The van der Waals surface area contributed by atoms with Gasteiger partial charge < -0.3 is 5.73 Å². The lowest BCUT2D eigenvalue weighted by atomic mass is 10.1. The van der Waals surface area contributed by atoms with Gasteiger partial charge in [0.15, 0.2) is 5.13 Å². The van der Waals surface area contributed by atoms with Gasteiger partial charge in [-0.05, 0) is 30.0 Å². The van der Waals surface area contributed by atoms with Crippen molar-refractivity contribution in [2.24, 2.45) is 0 Å². The Morgan fingerprint density at radius 3 is 2.61 bits per heavy atom. The quantitative estimate of drug-likeness (QED) is 0.871. The highest BCUT2D eigenvalue weighted by atomic mass is 32.1. The van der Waals surface area contributed by atoms with Gasteiger partial charge in [-0.1, -0.05) is 43.7 Å². The minimum absolute atomic E-state index is 0.615. The van der Waals surface area contributed by atoms with E-state index in [0.29, 0.717) is 5.13 Å². The largest absolute Gasteiger partial charge is 0.375 e. The molecule has 2 rings (SSSR count). The van der Waals surface area contributed by atoms with Gasteiger partial charge in [0, 0.05) is 5.38 Å². The second kappa shape index (κ2) is 6.36. The number of anilines is 1. The molecule has 0 amide bonds. The number of nitrogens with two attached hydrogens (primary N) is 1. The van der Waals surface area contributed by atoms with Crippen LogP contribution in [-0.2, 0) is 6.42 Å². The molecule has 0 aliphatic heterocycles. The van der Waals surface area contributed by atoms with Crippen molar-refractivity contribution in [1.29, 1.82) is 0 Å². The summed E-state index contributed by atoms with van der Waals surface area (Å²) < 4.78 is 0. The third-order valence-electron chi connectivity index (χ3n) is 2.78. The van der Waals surface area contributed by atoms with Crippen LogP contribution in [0, 0.1) is 0 Å². The Hall–Kier alpha value is -1.61. The first-order valence-electron chi connectivity index (χ1n) is 6.26. The Kier molecular flexibility index (Phi) is 4.53. The van der Waals surface area contributed by atoms with Crippen molar-refractivity contribution in [3.63, 3.8) is 0 Å². The molecule has 0 aliphatic rings. The van der Waals surface area contributed by atoms with Gasteiger partial charge in [-0.2, -0.15) is 0 Å². The second-order valence-corrected chi connectivity index (χ2v) is 5.18. The van der Waals surface area contributed by atoms with Gasteiger partial charge >= 0.3 is 0 Å². The number of nitrogen functional groups attached to an aromatic ring is 1. The number of hydrogen-bond donors (Lipinski definition) is 1. The van der Waals surface area contributed by atoms with E-state index in [4.69, 9.17) is 5.73 Å². The van der Waals surface area contributed by atoms with Crippen molar-refractivity contribution in [1.82, 2.24) is 4.98 Å². The van der Waals surface area contributed by atoms with Gasteiger partial charge in [-0.3, -0.25) is 0 Å². The van der Waals surface area contributed by atoms with E-state index in [2.05, 4.69) is 42.2 Å². The van der Waals surface area contributed by atoms with Gasteiger partial charge in [0.25, 0.3) is 0 Å². The molecule has 0 fully saturated rings. The summed E-state index contributed by atoms with van der Waals surface area (Å²) >= 11 is 1.47. The number of unbranched alkanes of at least 4 members (excludes halogenated alkanes) is 1. The van der Waals surface area contributed by atoms with Crippen LogP contribution < -0.4 is 5.73 Å². The number of hydrogen-bond acceptors (Lipinski definition) is 3. The van der Waals surface area contributed by atoms with Gasteiger partial charge in [0.05, 0.1) is 5.69 Å². The number of rotatable bonds is 5. The standard InChI is InChI=1S/C15H18N2S/c1-2-3-4-12-5-7-13(8-6-12)9-10-14-11-18-15(16)17-14/h5-11H,2-4H2,1H3,(H2,16,17). The van der Waals surface area contributed by atoms with Crippen molar-refractivity contribution in [2.75, 3.05) is 5.73 Å². The van der Waals surface area contributed by atoms with Crippen LogP contribution in [0.15, 0.2) is 29.6 Å². The monoisotopic (exact) mass is 258 g/mol. The zero-order chi connectivity index (χ0) is 12.8. The molecule has 0 radical (unpaired) electrons. The molecular formula is C15H18N2S. The maximum Gasteiger partial charge on any atom is 0.180 e. The third-order valence-corrected chi connectivity index (χ3v) is 3.48. The molecule has 2 aromatic rings. The zero-order valence-electron chi connectivity index (χ0n) is 10.6. The van der Waals surface area contributed by atoms with Crippen molar-refractivity contribution in [2.45, 2.75) is 26.2 Å². The number of thiazole rings is 1. The molecule has 0 saturated heterocycles. The van der Waals surface area contributed by atoms with Crippen molar-refractivity contribution < 1.29 is 0 Å². The average Bonchev–Trinajstić information content (AvgIpc) is 2.81. The lowest BCUT2D eigenvalue weighted by Crippen LogP contribution is -1.84. The SMILES string of the molecule is CCCCc1ccc(C=Cc2csc(N)n2)cc1. The maximum atomic E-state index is 5.59. The molecule has 3 heteroatoms. The Morgan fingerprint density at radius 1 is 1.22 bits per heavy atom. The first-order chi connectivity index (χ1) is 8.78. The molecule has 0 atom stereocenters. The van der Waals surface area contributed by atoms with E-state index < -0.39 is 0 Å². The number of aryl methyl sites for hydroxylation is 1. The highest BCUT2D eigenvalue weighted by Gasteiger charge is 1.95. The predicted molar refractivity (Wildman–Crippen MR) is 80.5 cm³/mol. The van der Waals surface area contributed by atoms with Crippen LogP contribution in [0.4, 0.5) is 5.13 Å². The molecule has 94 valence electrons. The summed E-state index contributed by atoms with van der Waals surface area (Å²) in [7, 11) is 0. The molecule has 1 heterocycles. The molecule has 0 aliphatic carbocycles. The fraction of sp³-hybridized carbons (Fsp3) is 0.267. The number of aromatic nitrogens is 1. The Bertz CT molecular complexity index is 512. The van der Waals surface area contributed by atoms with E-state index in [1.54, 1.807) is 0 Å². The van der Waals surface area contributed by atoms with Crippen molar-refractivity contribution in [3.8, 4) is 0 Å². The Balaban J connectivity index is 1.99. The average molecular weight is 258 g/mol. The zero-order valence-corrected chi connectivity index (χ0v) is 11.4. The molecular weight excluding hydrogens is 240 g/mol. The summed E-state index contributed by atoms with van der Waals surface area (Å²) in [4.78, 5) is 4.19. The van der Waals surface area contributed by atoms with Gasteiger partial charge in [0.1, 0.15) is 0 Å². The van der Waals surface area contributed by atoms with Crippen molar-refractivity contribution >= 4 is 28.6 Å². The number of benzene rings is 1.